The Balaban J connectivity index is 2.54. The molecular weight excluding hydrogens is 174 g/mol. The Morgan fingerprint density at radius 3 is 2.92 bits per heavy atom. The van der Waals surface area contributed by atoms with E-state index < -0.39 is 6.03 Å². The van der Waals surface area contributed by atoms with Gasteiger partial charge < -0.3 is 4.52 Å². The first-order chi connectivity index (χ1) is 6.13. The summed E-state index contributed by atoms with van der Waals surface area (Å²) in [6, 6.07) is 1.19. The summed E-state index contributed by atoms with van der Waals surface area (Å²) < 4.78 is 4.77. The van der Waals surface area contributed by atoms with Gasteiger partial charge in [0.25, 0.3) is 0 Å². The zero-order valence-corrected chi connectivity index (χ0v) is 7.70. The van der Waals surface area contributed by atoms with Crippen molar-refractivity contribution in [2.45, 2.75) is 6.92 Å². The highest BCUT2D eigenvalue weighted by atomic mass is 16.7. The number of anilines is 1. The molecule has 0 spiro atoms. The molecular formula is C7H11N3O3. The second kappa shape index (κ2) is 3.90. The molecule has 0 aromatic carbocycles. The van der Waals surface area contributed by atoms with Crippen LogP contribution >= 0.6 is 0 Å². The van der Waals surface area contributed by atoms with Gasteiger partial charge >= 0.3 is 6.03 Å². The predicted molar refractivity (Wildman–Crippen MR) is 45.0 cm³/mol. The quantitative estimate of drug-likeness (QED) is 0.698. The van der Waals surface area contributed by atoms with Crippen molar-refractivity contribution in [2.75, 3.05) is 19.5 Å². The lowest BCUT2D eigenvalue weighted by molar-refractivity contribution is -0.0599. The van der Waals surface area contributed by atoms with Gasteiger partial charge in [0.2, 0.25) is 5.88 Å². The minimum atomic E-state index is -0.418. The number of rotatable bonds is 2. The molecule has 6 heteroatoms. The van der Waals surface area contributed by atoms with E-state index in [1.165, 1.54) is 14.2 Å². The minimum Gasteiger partial charge on any atom is -0.338 e. The van der Waals surface area contributed by atoms with E-state index in [2.05, 4.69) is 15.3 Å². The van der Waals surface area contributed by atoms with Gasteiger partial charge in [-0.2, -0.15) is 0 Å². The third-order valence-electron chi connectivity index (χ3n) is 1.42. The molecule has 0 atom stereocenters. The van der Waals surface area contributed by atoms with E-state index in [0.717, 1.165) is 5.06 Å². The molecule has 0 aliphatic rings. The molecule has 1 heterocycles. The van der Waals surface area contributed by atoms with Crippen molar-refractivity contribution in [3.05, 3.63) is 11.8 Å². The fourth-order valence-electron chi connectivity index (χ4n) is 0.690. The van der Waals surface area contributed by atoms with Crippen LogP contribution in [0.2, 0.25) is 0 Å². The first kappa shape index (κ1) is 9.53. The number of nitrogens with one attached hydrogen (secondary N) is 1. The zero-order valence-electron chi connectivity index (χ0n) is 7.70. The Kier molecular flexibility index (Phi) is 2.86. The highest BCUT2D eigenvalue weighted by Gasteiger charge is 2.10. The first-order valence-corrected chi connectivity index (χ1v) is 3.65. The standard InChI is InChI=1S/C7H11N3O3/c1-5-4-6(13-9-5)8-7(11)10(2)12-3/h4H,1-3H3,(H,8,11). The molecule has 0 saturated heterocycles. The largest absolute Gasteiger partial charge is 0.347 e. The maximum Gasteiger partial charge on any atom is 0.347 e. The average molecular weight is 185 g/mol. The maximum atomic E-state index is 11.2. The van der Waals surface area contributed by atoms with E-state index in [9.17, 15) is 4.79 Å². The number of nitrogens with zero attached hydrogens (tertiary/aromatic N) is 2. The molecule has 0 unspecified atom stereocenters. The first-order valence-electron chi connectivity index (χ1n) is 3.65. The van der Waals surface area contributed by atoms with Crippen LogP contribution in [0.25, 0.3) is 0 Å². The number of urea groups is 1. The monoisotopic (exact) mass is 185 g/mol. The highest BCUT2D eigenvalue weighted by Crippen LogP contribution is 2.08. The number of hydrogen-bond donors (Lipinski definition) is 1. The number of carbonyl (C=O) groups is 1. The van der Waals surface area contributed by atoms with Crippen LogP contribution in [0, 0.1) is 6.92 Å². The summed E-state index contributed by atoms with van der Waals surface area (Å²) in [5.41, 5.74) is 0.704. The number of hydrogen-bond acceptors (Lipinski definition) is 4. The van der Waals surface area contributed by atoms with Crippen LogP contribution in [0.15, 0.2) is 10.6 Å². The number of hydroxylamine groups is 2. The van der Waals surface area contributed by atoms with Crippen molar-refractivity contribution >= 4 is 11.9 Å². The molecule has 0 radical (unpaired) electrons. The van der Waals surface area contributed by atoms with Gasteiger partial charge in [0, 0.05) is 13.1 Å². The third-order valence-corrected chi connectivity index (χ3v) is 1.42. The van der Waals surface area contributed by atoms with Gasteiger partial charge in [-0.3, -0.25) is 10.2 Å². The second-order valence-electron chi connectivity index (χ2n) is 2.44. The lowest BCUT2D eigenvalue weighted by atomic mass is 10.5. The van der Waals surface area contributed by atoms with E-state index >= 15 is 0 Å². The van der Waals surface area contributed by atoms with E-state index in [1.807, 2.05) is 0 Å². The van der Waals surface area contributed by atoms with Crippen molar-refractivity contribution in [1.82, 2.24) is 10.2 Å². The van der Waals surface area contributed by atoms with E-state index in [0.29, 0.717) is 11.6 Å². The summed E-state index contributed by atoms with van der Waals surface area (Å²) in [4.78, 5) is 15.8. The molecule has 0 aliphatic heterocycles. The minimum absolute atomic E-state index is 0.298. The lowest BCUT2D eigenvalue weighted by Gasteiger charge is -2.12. The van der Waals surface area contributed by atoms with Crippen molar-refractivity contribution in [3.63, 3.8) is 0 Å². The lowest BCUT2D eigenvalue weighted by Crippen LogP contribution is -2.30. The summed E-state index contributed by atoms with van der Waals surface area (Å²) >= 11 is 0. The fraction of sp³-hybridized carbons (Fsp3) is 0.429. The van der Waals surface area contributed by atoms with Gasteiger partial charge in [0.15, 0.2) is 0 Å². The molecule has 1 rings (SSSR count). The molecule has 2 amide bonds. The molecule has 72 valence electrons. The number of carbonyl (C=O) groups excluding carboxylic acids is 1. The zero-order chi connectivity index (χ0) is 9.84. The van der Waals surface area contributed by atoms with Crippen LogP contribution in [-0.4, -0.2) is 30.4 Å². The average Bonchev–Trinajstić information content (AvgIpc) is 2.49. The second-order valence-corrected chi connectivity index (χ2v) is 2.44. The molecule has 0 aliphatic carbocycles. The SMILES string of the molecule is CON(C)C(=O)Nc1cc(C)no1. The van der Waals surface area contributed by atoms with E-state index in [-0.39, 0.29) is 0 Å². The normalized spacial score (nSPS) is 9.77. The topological polar surface area (TPSA) is 67.6 Å². The molecule has 1 aromatic rings. The summed E-state index contributed by atoms with van der Waals surface area (Å²) in [7, 11) is 2.88. The van der Waals surface area contributed by atoms with Crippen LogP contribution in [-0.2, 0) is 4.84 Å². The van der Waals surface area contributed by atoms with Crippen LogP contribution < -0.4 is 5.32 Å². The third kappa shape index (κ3) is 2.45. The Morgan fingerprint density at radius 2 is 2.46 bits per heavy atom. The number of aromatic nitrogens is 1. The van der Waals surface area contributed by atoms with Crippen molar-refractivity contribution in [1.29, 1.82) is 0 Å². The van der Waals surface area contributed by atoms with E-state index in [1.54, 1.807) is 13.0 Å². The Hall–Kier alpha value is -1.56. The van der Waals surface area contributed by atoms with Crippen LogP contribution in [0.3, 0.4) is 0 Å². The van der Waals surface area contributed by atoms with Crippen LogP contribution in [0.1, 0.15) is 5.69 Å². The van der Waals surface area contributed by atoms with Gasteiger partial charge in [-0.25, -0.2) is 9.86 Å². The number of amides is 2. The smallest absolute Gasteiger partial charge is 0.338 e. The van der Waals surface area contributed by atoms with Crippen LogP contribution in [0.5, 0.6) is 0 Å². The molecule has 0 saturated carbocycles. The molecule has 1 aromatic heterocycles. The van der Waals surface area contributed by atoms with Gasteiger partial charge in [-0.1, -0.05) is 5.16 Å². The van der Waals surface area contributed by atoms with E-state index in [4.69, 9.17) is 4.52 Å². The Labute approximate surface area is 75.4 Å². The van der Waals surface area contributed by atoms with Crippen molar-refractivity contribution in [2.24, 2.45) is 0 Å². The van der Waals surface area contributed by atoms with Gasteiger partial charge in [-0.15, -0.1) is 0 Å². The van der Waals surface area contributed by atoms with Crippen molar-refractivity contribution in [3.8, 4) is 0 Å². The fourth-order valence-corrected chi connectivity index (χ4v) is 0.690. The van der Waals surface area contributed by atoms with Gasteiger partial charge in [0.1, 0.15) is 0 Å². The molecule has 6 nitrogen and oxygen atoms in total. The van der Waals surface area contributed by atoms with Crippen LogP contribution in [0.4, 0.5) is 10.7 Å². The molecule has 1 N–H and O–H groups in total. The maximum absolute atomic E-state index is 11.2. The Morgan fingerprint density at radius 1 is 1.77 bits per heavy atom. The summed E-state index contributed by atoms with van der Waals surface area (Å²) in [6.07, 6.45) is 0. The van der Waals surface area contributed by atoms with Gasteiger partial charge in [0.05, 0.1) is 12.8 Å². The molecule has 0 bridgehead atoms. The highest BCUT2D eigenvalue weighted by molar-refractivity contribution is 5.86. The van der Waals surface area contributed by atoms with Crippen molar-refractivity contribution < 1.29 is 14.2 Å². The summed E-state index contributed by atoms with van der Waals surface area (Å²) in [5, 5.41) is 7.09. The summed E-state index contributed by atoms with van der Waals surface area (Å²) in [5.74, 6) is 0.298. The molecule has 13 heavy (non-hydrogen) atoms. The number of aryl methyl sites for hydroxylation is 1. The molecule has 0 fully saturated rings. The predicted octanol–water partition coefficient (Wildman–Crippen LogP) is 1.01. The summed E-state index contributed by atoms with van der Waals surface area (Å²) in [6.45, 7) is 1.76. The van der Waals surface area contributed by atoms with Gasteiger partial charge in [-0.05, 0) is 6.92 Å². The Bertz CT molecular complexity index is 297.